The number of carbonyl (C=O) groups excluding carboxylic acids is 5. The van der Waals surface area contributed by atoms with E-state index in [0.29, 0.717) is 5.56 Å². The van der Waals surface area contributed by atoms with Gasteiger partial charge in [-0.3, -0.25) is 28.9 Å². The Morgan fingerprint density at radius 3 is 2.26 bits per heavy atom. The van der Waals surface area contributed by atoms with Crippen LogP contribution in [0.5, 0.6) is 5.75 Å². The maximum atomic E-state index is 14.0. The maximum absolute atomic E-state index is 14.0. The first-order valence-electron chi connectivity index (χ1n) is 14.1. The maximum Gasteiger partial charge on any atom is 0.235 e. The number of amides is 1. The summed E-state index contributed by atoms with van der Waals surface area (Å²) in [6, 6.07) is 9.71. The number of ketones is 4. The number of nitrogens with zero attached hydrogens (tertiary/aromatic N) is 1. The van der Waals surface area contributed by atoms with Gasteiger partial charge >= 0.3 is 0 Å². The standard InChI is InChI=1S/C32H37N3O7/c1-31(2,3)14-34-17-8-6-15(7-9-17)18-10-11-21(36)23-19(18)12-16-13-20-25(35(4)5)27(38)24(30(33)41)29(40)32(20,42)28(39)22(16)26(23)37/h6-11,16,20,22,24-25,34,36,42H,12-14H2,1-5H3,(H2,33,41)/t16-,20-,22?,24?,25-,32-/m0/s1. The molecule has 0 aromatic heterocycles. The summed E-state index contributed by atoms with van der Waals surface area (Å²) in [4.78, 5) is 68.2. The smallest absolute Gasteiger partial charge is 0.235 e. The van der Waals surface area contributed by atoms with Gasteiger partial charge in [0.25, 0.3) is 0 Å². The predicted molar refractivity (Wildman–Crippen MR) is 155 cm³/mol. The van der Waals surface area contributed by atoms with Gasteiger partial charge in [-0.1, -0.05) is 39.0 Å². The zero-order chi connectivity index (χ0) is 30.9. The van der Waals surface area contributed by atoms with Crippen molar-refractivity contribution >= 4 is 34.7 Å². The summed E-state index contributed by atoms with van der Waals surface area (Å²) < 4.78 is 0. The number of primary amides is 1. The van der Waals surface area contributed by atoms with Gasteiger partial charge in [0.15, 0.2) is 34.7 Å². The van der Waals surface area contributed by atoms with Gasteiger partial charge in [-0.25, -0.2) is 0 Å². The highest BCUT2D eigenvalue weighted by Gasteiger charge is 2.69. The number of hydrogen-bond donors (Lipinski definition) is 4. The molecular formula is C32H37N3O7. The summed E-state index contributed by atoms with van der Waals surface area (Å²) in [5, 5.41) is 25.9. The van der Waals surface area contributed by atoms with Crippen molar-refractivity contribution in [2.24, 2.45) is 34.8 Å². The summed E-state index contributed by atoms with van der Waals surface area (Å²) in [6.45, 7) is 7.18. The van der Waals surface area contributed by atoms with E-state index in [1.165, 1.54) is 11.0 Å². The second kappa shape index (κ2) is 10.1. The molecule has 0 aliphatic heterocycles. The second-order valence-electron chi connectivity index (χ2n) is 13.3. The molecule has 0 saturated heterocycles. The molecule has 2 unspecified atom stereocenters. The number of nitrogens with two attached hydrogens (primary N) is 1. The van der Waals surface area contributed by atoms with E-state index in [0.717, 1.165) is 23.4 Å². The van der Waals surface area contributed by atoms with Crippen molar-refractivity contribution in [3.8, 4) is 16.9 Å². The van der Waals surface area contributed by atoms with E-state index >= 15 is 0 Å². The van der Waals surface area contributed by atoms with Crippen LogP contribution in [0.2, 0.25) is 0 Å². The van der Waals surface area contributed by atoms with Gasteiger partial charge in [-0.05, 0) is 73.2 Å². The fourth-order valence-electron chi connectivity index (χ4n) is 7.01. The molecule has 42 heavy (non-hydrogen) atoms. The van der Waals surface area contributed by atoms with E-state index in [2.05, 4.69) is 26.1 Å². The highest BCUT2D eigenvalue weighted by Crippen LogP contribution is 2.51. The summed E-state index contributed by atoms with van der Waals surface area (Å²) in [5.41, 5.74) is 5.75. The predicted octanol–water partition coefficient (Wildman–Crippen LogP) is 1.99. The number of likely N-dealkylation sites (N-methyl/N-ethyl adjacent to an activating group) is 1. The van der Waals surface area contributed by atoms with Crippen LogP contribution in [0.3, 0.4) is 0 Å². The topological polar surface area (TPSA) is 167 Å². The number of rotatable bonds is 5. The number of benzene rings is 2. The first kappa shape index (κ1) is 29.6. The van der Waals surface area contributed by atoms with Crippen LogP contribution in [0, 0.1) is 29.1 Å². The fourth-order valence-corrected chi connectivity index (χ4v) is 7.01. The molecule has 10 nitrogen and oxygen atoms in total. The minimum Gasteiger partial charge on any atom is -0.507 e. The Hall–Kier alpha value is -3.89. The summed E-state index contributed by atoms with van der Waals surface area (Å²) in [6.07, 6.45) is 0.217. The number of carbonyl (C=O) groups is 5. The summed E-state index contributed by atoms with van der Waals surface area (Å²) >= 11 is 0. The van der Waals surface area contributed by atoms with Crippen molar-refractivity contribution in [1.82, 2.24) is 4.90 Å². The minimum atomic E-state index is -2.74. The van der Waals surface area contributed by atoms with Gasteiger partial charge in [0.1, 0.15) is 5.75 Å². The quantitative estimate of drug-likeness (QED) is 0.390. The molecule has 1 amide bonds. The van der Waals surface area contributed by atoms with E-state index < -0.39 is 64.4 Å². The number of anilines is 1. The lowest BCUT2D eigenvalue weighted by atomic mass is 9.52. The van der Waals surface area contributed by atoms with Crippen LogP contribution in [0.1, 0.15) is 43.1 Å². The van der Waals surface area contributed by atoms with Gasteiger partial charge in [-0.2, -0.15) is 0 Å². The average Bonchev–Trinajstić information content (AvgIpc) is 2.89. The third-order valence-electron chi connectivity index (χ3n) is 8.96. The number of aliphatic hydroxyl groups is 1. The van der Waals surface area contributed by atoms with Crippen LogP contribution in [-0.4, -0.2) is 76.4 Å². The van der Waals surface area contributed by atoms with Crippen molar-refractivity contribution in [3.05, 3.63) is 47.5 Å². The molecule has 222 valence electrons. The number of nitrogens with one attached hydrogen (secondary N) is 1. The molecular weight excluding hydrogens is 538 g/mol. The van der Waals surface area contributed by atoms with Gasteiger partial charge in [0.05, 0.1) is 17.5 Å². The van der Waals surface area contributed by atoms with Crippen molar-refractivity contribution < 1.29 is 34.2 Å². The van der Waals surface area contributed by atoms with Crippen molar-refractivity contribution in [3.63, 3.8) is 0 Å². The van der Waals surface area contributed by atoms with Crippen LogP contribution < -0.4 is 11.1 Å². The molecule has 5 N–H and O–H groups in total. The second-order valence-corrected chi connectivity index (χ2v) is 13.3. The molecule has 0 spiro atoms. The summed E-state index contributed by atoms with van der Waals surface area (Å²) in [7, 11) is 3.12. The monoisotopic (exact) mass is 575 g/mol. The Labute approximate surface area is 244 Å². The molecule has 0 radical (unpaired) electrons. The van der Waals surface area contributed by atoms with Crippen LogP contribution >= 0.6 is 0 Å². The lowest BCUT2D eigenvalue weighted by Gasteiger charge is -2.52. The van der Waals surface area contributed by atoms with Crippen LogP contribution in [0.4, 0.5) is 5.69 Å². The zero-order valence-corrected chi connectivity index (χ0v) is 24.4. The van der Waals surface area contributed by atoms with E-state index in [-0.39, 0.29) is 29.6 Å². The van der Waals surface area contributed by atoms with Gasteiger partial charge in [0.2, 0.25) is 5.91 Å². The van der Waals surface area contributed by atoms with Crippen LogP contribution in [0.15, 0.2) is 36.4 Å². The van der Waals surface area contributed by atoms with Crippen LogP contribution in [-0.2, 0) is 25.6 Å². The minimum absolute atomic E-state index is 0.00858. The van der Waals surface area contributed by atoms with E-state index in [1.807, 2.05) is 24.3 Å². The number of fused-ring (bicyclic) bond motifs is 3. The molecule has 0 bridgehead atoms. The lowest BCUT2D eigenvalue weighted by Crippen LogP contribution is -2.74. The third kappa shape index (κ3) is 4.53. The number of aromatic hydroxyl groups is 1. The lowest BCUT2D eigenvalue weighted by molar-refractivity contribution is -0.181. The van der Waals surface area contributed by atoms with Crippen molar-refractivity contribution in [2.45, 2.75) is 45.3 Å². The van der Waals surface area contributed by atoms with Crippen molar-refractivity contribution in [2.75, 3.05) is 26.0 Å². The van der Waals surface area contributed by atoms with Gasteiger partial charge in [-0.15, -0.1) is 0 Å². The van der Waals surface area contributed by atoms with Crippen LogP contribution in [0.25, 0.3) is 11.1 Å². The van der Waals surface area contributed by atoms with Gasteiger partial charge < -0.3 is 21.3 Å². The highest BCUT2D eigenvalue weighted by atomic mass is 16.3. The number of phenols is 1. The third-order valence-corrected chi connectivity index (χ3v) is 8.96. The SMILES string of the molecule is CN(C)[C@@H]1C(=O)C(C(N)=O)C(=O)[C@@]2(O)C(=O)C3C(=O)c4c(O)ccc(-c5ccc(NCC(C)(C)C)cc5)c4C[C@H]3C[C@@H]12. The first-order valence-corrected chi connectivity index (χ1v) is 14.1. The molecule has 6 atom stereocenters. The number of hydrogen-bond acceptors (Lipinski definition) is 9. The first-order chi connectivity index (χ1) is 19.6. The molecule has 3 aliphatic rings. The largest absolute Gasteiger partial charge is 0.507 e. The molecule has 5 rings (SSSR count). The molecule has 2 aromatic carbocycles. The van der Waals surface area contributed by atoms with Crippen molar-refractivity contribution in [1.29, 1.82) is 0 Å². The Balaban J connectivity index is 1.56. The summed E-state index contributed by atoms with van der Waals surface area (Å²) in [5.74, 6) is -10.5. The zero-order valence-electron chi connectivity index (χ0n) is 24.4. The number of Topliss-reactive ketones (excluding diaryl/α,β-unsaturated/α-hetero) is 4. The molecule has 2 aromatic rings. The van der Waals surface area contributed by atoms with E-state index in [4.69, 9.17) is 5.73 Å². The number of phenolic OH excluding ortho intramolecular Hbond substituents is 1. The van der Waals surface area contributed by atoms with Gasteiger partial charge in [0, 0.05) is 18.2 Å². The Kier molecular flexibility index (Phi) is 7.14. The average molecular weight is 576 g/mol. The molecule has 3 aliphatic carbocycles. The van der Waals surface area contributed by atoms with E-state index in [9.17, 15) is 34.2 Å². The Morgan fingerprint density at radius 2 is 1.69 bits per heavy atom. The molecule has 2 fully saturated rings. The Bertz CT molecular complexity index is 1510. The molecule has 2 saturated carbocycles. The van der Waals surface area contributed by atoms with E-state index in [1.54, 1.807) is 20.2 Å². The normalized spacial score (nSPS) is 29.2. The molecule has 10 heteroatoms. The Morgan fingerprint density at radius 1 is 1.05 bits per heavy atom. The fraction of sp³-hybridized carbons (Fsp3) is 0.469. The molecule has 0 heterocycles. The highest BCUT2D eigenvalue weighted by molar-refractivity contribution is 6.32.